The van der Waals surface area contributed by atoms with Gasteiger partial charge in [-0.05, 0) is 57.2 Å². The highest BCUT2D eigenvalue weighted by atomic mass is 15.4. The van der Waals surface area contributed by atoms with Gasteiger partial charge in [0.2, 0.25) is 11.9 Å². The van der Waals surface area contributed by atoms with E-state index in [0.29, 0.717) is 17.7 Å². The van der Waals surface area contributed by atoms with Crippen molar-refractivity contribution in [1.82, 2.24) is 19.7 Å². The Labute approximate surface area is 147 Å². The molecule has 0 unspecified atom stereocenters. The molecule has 2 heterocycles. The van der Waals surface area contributed by atoms with Crippen LogP contribution in [0, 0.1) is 6.92 Å². The van der Waals surface area contributed by atoms with Gasteiger partial charge in [0.05, 0.1) is 0 Å². The summed E-state index contributed by atoms with van der Waals surface area (Å²) in [7, 11) is 0. The second-order valence-corrected chi connectivity index (χ2v) is 5.69. The summed E-state index contributed by atoms with van der Waals surface area (Å²) < 4.78 is 1.53. The van der Waals surface area contributed by atoms with Crippen molar-refractivity contribution in [2.75, 3.05) is 29.0 Å². The number of anilines is 4. The molecule has 3 N–H and O–H groups in total. The molecular formula is C18H23N7. The minimum absolute atomic E-state index is 0.292. The number of nitrogens with one attached hydrogen (secondary N) is 1. The number of benzene rings is 1. The third-order valence-corrected chi connectivity index (χ3v) is 3.97. The monoisotopic (exact) mass is 337 g/mol. The molecule has 0 saturated heterocycles. The average molecular weight is 337 g/mol. The lowest BCUT2D eigenvalue weighted by Gasteiger charge is -2.21. The molecule has 25 heavy (non-hydrogen) atoms. The third kappa shape index (κ3) is 3.71. The molecule has 0 bridgehead atoms. The zero-order chi connectivity index (χ0) is 17.8. The van der Waals surface area contributed by atoms with Gasteiger partial charge in [-0.25, -0.2) is 4.98 Å². The van der Waals surface area contributed by atoms with Gasteiger partial charge < -0.3 is 16.0 Å². The summed E-state index contributed by atoms with van der Waals surface area (Å²) in [5, 5.41) is 7.59. The topological polar surface area (TPSA) is 84.9 Å². The Balaban J connectivity index is 1.79. The molecule has 0 saturated carbocycles. The van der Waals surface area contributed by atoms with Gasteiger partial charge in [0.1, 0.15) is 0 Å². The van der Waals surface area contributed by atoms with Crippen LogP contribution in [0.1, 0.15) is 19.5 Å². The molecule has 0 amide bonds. The summed E-state index contributed by atoms with van der Waals surface area (Å²) in [4.78, 5) is 11.0. The lowest BCUT2D eigenvalue weighted by atomic mass is 10.2. The number of nitrogens with zero attached hydrogens (tertiary/aromatic N) is 5. The van der Waals surface area contributed by atoms with Gasteiger partial charge in [-0.3, -0.25) is 0 Å². The lowest BCUT2D eigenvalue weighted by Crippen LogP contribution is -2.21. The molecule has 0 fully saturated rings. The molecule has 130 valence electrons. The zero-order valence-electron chi connectivity index (χ0n) is 14.8. The Hall–Kier alpha value is -3.09. The van der Waals surface area contributed by atoms with Crippen LogP contribution < -0.4 is 16.0 Å². The normalized spacial score (nSPS) is 10.7. The molecule has 0 aliphatic rings. The first-order chi connectivity index (χ1) is 12.1. The van der Waals surface area contributed by atoms with E-state index < -0.39 is 0 Å². The summed E-state index contributed by atoms with van der Waals surface area (Å²) in [6, 6.07) is 13.9. The quantitative estimate of drug-likeness (QED) is 0.719. The molecule has 3 rings (SSSR count). The molecule has 3 aromatic rings. The zero-order valence-corrected chi connectivity index (χ0v) is 14.8. The number of aryl methyl sites for hydroxylation is 1. The van der Waals surface area contributed by atoms with Crippen molar-refractivity contribution in [2.45, 2.75) is 20.8 Å². The maximum atomic E-state index is 5.98. The van der Waals surface area contributed by atoms with Crippen LogP contribution >= 0.6 is 0 Å². The van der Waals surface area contributed by atoms with Crippen molar-refractivity contribution in [3.05, 3.63) is 48.2 Å². The van der Waals surface area contributed by atoms with Crippen LogP contribution in [0.5, 0.6) is 0 Å². The van der Waals surface area contributed by atoms with Gasteiger partial charge in [-0.1, -0.05) is 6.07 Å². The van der Waals surface area contributed by atoms with E-state index >= 15 is 0 Å². The van der Waals surface area contributed by atoms with E-state index in [0.717, 1.165) is 24.5 Å². The third-order valence-electron chi connectivity index (χ3n) is 3.97. The highest BCUT2D eigenvalue weighted by molar-refractivity contribution is 5.59. The maximum absolute atomic E-state index is 5.98. The molecule has 0 spiro atoms. The van der Waals surface area contributed by atoms with Crippen LogP contribution in [0.15, 0.2) is 42.5 Å². The molecule has 7 heteroatoms. The van der Waals surface area contributed by atoms with Gasteiger partial charge in [-0.2, -0.15) is 9.67 Å². The lowest BCUT2D eigenvalue weighted by molar-refractivity contribution is 0.853. The molecule has 1 aromatic carbocycles. The van der Waals surface area contributed by atoms with Crippen LogP contribution in [-0.2, 0) is 0 Å². The van der Waals surface area contributed by atoms with Crippen LogP contribution in [-0.4, -0.2) is 32.8 Å². The van der Waals surface area contributed by atoms with Gasteiger partial charge in [0, 0.05) is 30.2 Å². The number of aromatic nitrogens is 4. The highest BCUT2D eigenvalue weighted by Crippen LogP contribution is 2.21. The number of nitrogens with two attached hydrogens (primary N) is 1. The molecule has 0 aliphatic heterocycles. The SMILES string of the molecule is CCN(CC)c1ccc(Nc2nc(N)n(-c3cccc(C)n3)n2)cc1. The van der Waals surface area contributed by atoms with Crippen LogP contribution in [0.2, 0.25) is 0 Å². The van der Waals surface area contributed by atoms with Crippen molar-refractivity contribution in [3.63, 3.8) is 0 Å². The summed E-state index contributed by atoms with van der Waals surface area (Å²) in [6.07, 6.45) is 0. The van der Waals surface area contributed by atoms with E-state index in [4.69, 9.17) is 5.73 Å². The summed E-state index contributed by atoms with van der Waals surface area (Å²) in [6.45, 7) is 8.18. The largest absolute Gasteiger partial charge is 0.372 e. The van der Waals surface area contributed by atoms with Crippen molar-refractivity contribution >= 4 is 23.3 Å². The van der Waals surface area contributed by atoms with Gasteiger partial charge >= 0.3 is 0 Å². The number of pyridine rings is 1. The van der Waals surface area contributed by atoms with Crippen molar-refractivity contribution < 1.29 is 0 Å². The number of nitrogen functional groups attached to an aromatic ring is 1. The van der Waals surface area contributed by atoms with Gasteiger partial charge in [0.15, 0.2) is 5.82 Å². The first-order valence-electron chi connectivity index (χ1n) is 8.39. The molecular weight excluding hydrogens is 314 g/mol. The van der Waals surface area contributed by atoms with Crippen molar-refractivity contribution in [2.24, 2.45) is 0 Å². The van der Waals surface area contributed by atoms with Crippen LogP contribution in [0.3, 0.4) is 0 Å². The second kappa shape index (κ2) is 7.21. The van der Waals surface area contributed by atoms with E-state index in [2.05, 4.69) is 51.3 Å². The number of hydrogen-bond donors (Lipinski definition) is 2. The Morgan fingerprint density at radius 1 is 1.04 bits per heavy atom. The van der Waals surface area contributed by atoms with Crippen molar-refractivity contribution in [3.8, 4) is 5.82 Å². The summed E-state index contributed by atoms with van der Waals surface area (Å²) in [5.41, 5.74) is 8.98. The Morgan fingerprint density at radius 2 is 1.76 bits per heavy atom. The smallest absolute Gasteiger partial charge is 0.248 e. The van der Waals surface area contributed by atoms with E-state index in [-0.39, 0.29) is 0 Å². The van der Waals surface area contributed by atoms with Gasteiger partial charge in [-0.15, -0.1) is 5.10 Å². The fraction of sp³-hybridized carbons (Fsp3) is 0.278. The molecule has 0 aliphatic carbocycles. The van der Waals surface area contributed by atoms with E-state index in [1.165, 1.54) is 10.4 Å². The highest BCUT2D eigenvalue weighted by Gasteiger charge is 2.10. The maximum Gasteiger partial charge on any atom is 0.248 e. The summed E-state index contributed by atoms with van der Waals surface area (Å²) >= 11 is 0. The predicted octanol–water partition coefficient (Wildman–Crippen LogP) is 3.14. The summed E-state index contributed by atoms with van der Waals surface area (Å²) in [5.74, 6) is 1.38. The first-order valence-corrected chi connectivity index (χ1v) is 8.39. The molecule has 0 radical (unpaired) electrons. The van der Waals surface area contributed by atoms with Crippen molar-refractivity contribution in [1.29, 1.82) is 0 Å². The van der Waals surface area contributed by atoms with Crippen LogP contribution in [0.25, 0.3) is 5.82 Å². The Bertz CT molecular complexity index is 835. The number of rotatable bonds is 6. The second-order valence-electron chi connectivity index (χ2n) is 5.69. The van der Waals surface area contributed by atoms with E-state index in [9.17, 15) is 0 Å². The standard InChI is InChI=1S/C18H23N7/c1-4-24(5-2)15-11-9-14(10-12-15)21-18-22-17(19)25(23-18)16-8-6-7-13(3)20-16/h6-12H,4-5H2,1-3H3,(H3,19,21,22,23). The van der Waals surface area contributed by atoms with Gasteiger partial charge in [0.25, 0.3) is 0 Å². The predicted molar refractivity (Wildman–Crippen MR) is 102 cm³/mol. The first kappa shape index (κ1) is 16.8. The van der Waals surface area contributed by atoms with E-state index in [1.54, 1.807) is 0 Å². The fourth-order valence-corrected chi connectivity index (χ4v) is 2.67. The molecule has 7 nitrogen and oxygen atoms in total. The number of hydrogen-bond acceptors (Lipinski definition) is 6. The minimum Gasteiger partial charge on any atom is -0.372 e. The average Bonchev–Trinajstić information content (AvgIpc) is 2.98. The minimum atomic E-state index is 0.292. The van der Waals surface area contributed by atoms with Crippen LogP contribution in [0.4, 0.5) is 23.3 Å². The molecule has 0 atom stereocenters. The Morgan fingerprint density at radius 3 is 2.40 bits per heavy atom. The fourth-order valence-electron chi connectivity index (χ4n) is 2.67. The Kier molecular flexibility index (Phi) is 4.83. The van der Waals surface area contributed by atoms with E-state index in [1.807, 2.05) is 37.3 Å². The molecule has 2 aromatic heterocycles.